The lowest BCUT2D eigenvalue weighted by molar-refractivity contribution is -0.120. The second-order valence-electron chi connectivity index (χ2n) is 8.08. The van der Waals surface area contributed by atoms with Gasteiger partial charge in [0.15, 0.2) is 5.13 Å². The third kappa shape index (κ3) is 5.35. The number of pyridine rings is 1. The first-order valence-electron chi connectivity index (χ1n) is 10.7. The monoisotopic (exact) mass is 496 g/mol. The van der Waals surface area contributed by atoms with Gasteiger partial charge in [-0.15, -0.1) is 11.3 Å². The molecule has 3 aromatic rings. The molecule has 0 unspecified atom stereocenters. The summed E-state index contributed by atoms with van der Waals surface area (Å²) >= 11 is 1.36. The molecular weight excluding hydrogens is 472 g/mol. The van der Waals surface area contributed by atoms with E-state index in [2.05, 4.69) is 26.3 Å². The number of carbonyl (C=O) groups is 1. The number of amides is 1. The number of piperidine rings is 1. The molecule has 0 aliphatic carbocycles. The molecule has 1 amide bonds. The number of anilines is 3. The van der Waals surface area contributed by atoms with Crippen molar-refractivity contribution in [2.75, 3.05) is 40.9 Å². The fourth-order valence-corrected chi connectivity index (χ4v) is 4.94. The Kier molecular flexibility index (Phi) is 6.81. The Balaban J connectivity index is 1.33. The Labute approximate surface area is 202 Å². The summed E-state index contributed by atoms with van der Waals surface area (Å²) in [5.41, 5.74) is 2.65. The van der Waals surface area contributed by atoms with E-state index < -0.39 is 10.0 Å². The van der Waals surface area contributed by atoms with E-state index in [1.54, 1.807) is 24.4 Å². The second-order valence-corrected chi connectivity index (χ2v) is 11.0. The molecule has 0 bridgehead atoms. The first kappa shape index (κ1) is 23.7. The molecule has 0 spiro atoms. The molecule has 2 aromatic heterocycles. The Morgan fingerprint density at radius 2 is 1.91 bits per heavy atom. The van der Waals surface area contributed by atoms with Gasteiger partial charge in [-0.2, -0.15) is 5.26 Å². The average molecular weight is 497 g/mol. The van der Waals surface area contributed by atoms with E-state index in [-0.39, 0.29) is 11.8 Å². The third-order valence-corrected chi connectivity index (χ3v) is 7.79. The molecule has 34 heavy (non-hydrogen) atoms. The average Bonchev–Trinajstić information content (AvgIpc) is 3.31. The smallest absolute Gasteiger partial charge is 0.231 e. The van der Waals surface area contributed by atoms with Crippen LogP contribution in [0.1, 0.15) is 18.4 Å². The van der Waals surface area contributed by atoms with Crippen LogP contribution >= 0.6 is 11.3 Å². The second kappa shape index (κ2) is 9.79. The number of sulfonamides is 1. The number of hydrogen-bond acceptors (Lipinski definition) is 8. The van der Waals surface area contributed by atoms with Crippen LogP contribution in [0.25, 0.3) is 11.3 Å². The van der Waals surface area contributed by atoms with Crippen molar-refractivity contribution in [3.8, 4) is 17.3 Å². The normalized spacial score (nSPS) is 14.4. The highest BCUT2D eigenvalue weighted by molar-refractivity contribution is 7.92. The van der Waals surface area contributed by atoms with E-state index in [9.17, 15) is 13.2 Å². The molecule has 1 aliphatic heterocycles. The molecule has 1 aliphatic rings. The Morgan fingerprint density at radius 1 is 1.21 bits per heavy atom. The van der Waals surface area contributed by atoms with Crippen LogP contribution in [0.15, 0.2) is 48.0 Å². The van der Waals surface area contributed by atoms with Crippen molar-refractivity contribution in [1.29, 1.82) is 5.26 Å². The van der Waals surface area contributed by atoms with Crippen LogP contribution in [0.2, 0.25) is 0 Å². The predicted octanol–water partition coefficient (Wildman–Crippen LogP) is 3.33. The minimum atomic E-state index is -3.32. The molecule has 0 saturated carbocycles. The topological polar surface area (TPSA) is 119 Å². The number of rotatable bonds is 6. The molecule has 1 saturated heterocycles. The summed E-state index contributed by atoms with van der Waals surface area (Å²) in [6.45, 7) is 1.43. The molecule has 0 radical (unpaired) electrons. The number of aromatic nitrogens is 2. The van der Waals surface area contributed by atoms with Crippen molar-refractivity contribution in [1.82, 2.24) is 9.97 Å². The van der Waals surface area contributed by atoms with Crippen LogP contribution < -0.4 is 14.5 Å². The van der Waals surface area contributed by atoms with Crippen molar-refractivity contribution in [3.63, 3.8) is 0 Å². The Hall–Kier alpha value is -3.49. The van der Waals surface area contributed by atoms with Gasteiger partial charge in [-0.05, 0) is 37.1 Å². The SMILES string of the molecule is CN(c1ccc(-c2csc(NC(=O)C3CCN(c4ccc(C#N)cn4)CC3)n2)cc1)S(C)(=O)=O. The van der Waals surface area contributed by atoms with Crippen LogP contribution in [-0.2, 0) is 14.8 Å². The molecule has 176 valence electrons. The van der Waals surface area contributed by atoms with Gasteiger partial charge in [0.1, 0.15) is 11.9 Å². The zero-order valence-corrected chi connectivity index (χ0v) is 20.4. The van der Waals surface area contributed by atoms with Crippen LogP contribution in [0, 0.1) is 17.2 Å². The summed E-state index contributed by atoms with van der Waals surface area (Å²) in [6, 6.07) is 12.7. The molecule has 11 heteroatoms. The van der Waals surface area contributed by atoms with Gasteiger partial charge in [0.25, 0.3) is 0 Å². The lowest BCUT2D eigenvalue weighted by atomic mass is 9.96. The van der Waals surface area contributed by atoms with Crippen LogP contribution in [0.3, 0.4) is 0 Å². The number of nitriles is 1. The molecule has 1 aromatic carbocycles. The summed E-state index contributed by atoms with van der Waals surface area (Å²) < 4.78 is 24.6. The highest BCUT2D eigenvalue weighted by Crippen LogP contribution is 2.28. The number of carbonyl (C=O) groups excluding carboxylic acids is 1. The van der Waals surface area contributed by atoms with Crippen molar-refractivity contribution >= 4 is 43.9 Å². The molecule has 1 fully saturated rings. The fraction of sp³-hybridized carbons (Fsp3) is 0.304. The highest BCUT2D eigenvalue weighted by Gasteiger charge is 2.26. The Morgan fingerprint density at radius 3 is 2.50 bits per heavy atom. The fourth-order valence-electron chi connectivity index (χ4n) is 3.71. The molecule has 9 nitrogen and oxygen atoms in total. The zero-order valence-electron chi connectivity index (χ0n) is 18.8. The molecular formula is C23H24N6O3S2. The number of benzene rings is 1. The maximum absolute atomic E-state index is 12.8. The van der Waals surface area contributed by atoms with Gasteiger partial charge >= 0.3 is 0 Å². The molecule has 0 atom stereocenters. The first-order chi connectivity index (χ1) is 16.2. The minimum absolute atomic E-state index is 0.0431. The van der Waals surface area contributed by atoms with Crippen molar-refractivity contribution < 1.29 is 13.2 Å². The number of nitrogens with one attached hydrogen (secondary N) is 1. The van der Waals surface area contributed by atoms with Gasteiger partial charge in [-0.3, -0.25) is 9.10 Å². The van der Waals surface area contributed by atoms with Crippen LogP contribution in [0.4, 0.5) is 16.6 Å². The lowest BCUT2D eigenvalue weighted by Crippen LogP contribution is -2.38. The summed E-state index contributed by atoms with van der Waals surface area (Å²) in [4.78, 5) is 23.8. The van der Waals surface area contributed by atoms with Crippen molar-refractivity contribution in [2.45, 2.75) is 12.8 Å². The van der Waals surface area contributed by atoms with Gasteiger partial charge in [-0.1, -0.05) is 12.1 Å². The molecule has 1 N–H and O–H groups in total. The van der Waals surface area contributed by atoms with E-state index in [0.717, 1.165) is 23.3 Å². The van der Waals surface area contributed by atoms with Gasteiger partial charge in [0.05, 0.1) is 23.2 Å². The van der Waals surface area contributed by atoms with E-state index in [1.807, 2.05) is 23.6 Å². The number of thiazole rings is 1. The van der Waals surface area contributed by atoms with E-state index in [1.165, 1.54) is 22.7 Å². The van der Waals surface area contributed by atoms with Gasteiger partial charge in [0.2, 0.25) is 15.9 Å². The third-order valence-electron chi connectivity index (χ3n) is 5.83. The van der Waals surface area contributed by atoms with Gasteiger partial charge in [-0.25, -0.2) is 18.4 Å². The quantitative estimate of drug-likeness (QED) is 0.556. The van der Waals surface area contributed by atoms with Gasteiger partial charge < -0.3 is 10.2 Å². The molecule has 4 rings (SSSR count). The summed E-state index contributed by atoms with van der Waals surface area (Å²) in [7, 11) is -1.82. The van der Waals surface area contributed by atoms with E-state index in [0.29, 0.717) is 42.3 Å². The minimum Gasteiger partial charge on any atom is -0.357 e. The van der Waals surface area contributed by atoms with Crippen molar-refractivity contribution in [2.24, 2.45) is 5.92 Å². The molecule has 3 heterocycles. The summed E-state index contributed by atoms with van der Waals surface area (Å²) in [5, 5.41) is 14.2. The van der Waals surface area contributed by atoms with E-state index in [4.69, 9.17) is 5.26 Å². The number of nitrogens with zero attached hydrogens (tertiary/aromatic N) is 5. The van der Waals surface area contributed by atoms with E-state index >= 15 is 0 Å². The van der Waals surface area contributed by atoms with Crippen molar-refractivity contribution in [3.05, 3.63) is 53.5 Å². The zero-order chi connectivity index (χ0) is 24.3. The van der Waals surface area contributed by atoms with Crippen LogP contribution in [0.5, 0.6) is 0 Å². The summed E-state index contributed by atoms with van der Waals surface area (Å²) in [5.74, 6) is 0.669. The van der Waals surface area contributed by atoms with Gasteiger partial charge in [0, 0.05) is 43.2 Å². The number of hydrogen-bond donors (Lipinski definition) is 1. The first-order valence-corrected chi connectivity index (χ1v) is 13.4. The predicted molar refractivity (Wildman–Crippen MR) is 133 cm³/mol. The highest BCUT2D eigenvalue weighted by atomic mass is 32.2. The standard InChI is InChI=1S/C23H24N6O3S2/c1-28(34(2,31)32)19-6-4-17(5-7-19)20-15-33-23(26-20)27-22(30)18-9-11-29(12-10-18)21-8-3-16(13-24)14-25-21/h3-8,14-15,18H,9-12H2,1-2H3,(H,26,27,30). The van der Waals surface area contributed by atoms with Crippen LogP contribution in [-0.4, -0.2) is 50.7 Å². The maximum atomic E-state index is 12.8. The Bertz CT molecular complexity index is 1310. The lowest BCUT2D eigenvalue weighted by Gasteiger charge is -2.31. The summed E-state index contributed by atoms with van der Waals surface area (Å²) in [6.07, 6.45) is 4.14. The maximum Gasteiger partial charge on any atom is 0.231 e. The largest absolute Gasteiger partial charge is 0.357 e.